The predicted octanol–water partition coefficient (Wildman–Crippen LogP) is 4.87. The molecule has 1 aromatic rings. The zero-order valence-corrected chi connectivity index (χ0v) is 10.9. The minimum Gasteiger partial charge on any atom is -0.494 e. The first-order valence-corrected chi connectivity index (χ1v) is 5.86. The Morgan fingerprint density at radius 2 is 1.79 bits per heavy atom. The Bertz CT molecular complexity index is 444. The summed E-state index contributed by atoms with van der Waals surface area (Å²) in [6, 6.07) is 4.04. The quantitative estimate of drug-likeness (QED) is 0.569. The highest BCUT2D eigenvalue weighted by molar-refractivity contribution is 6.21. The van der Waals surface area contributed by atoms with Gasteiger partial charge in [-0.2, -0.15) is 22.0 Å². The zero-order valence-electron chi connectivity index (χ0n) is 10.2. The summed E-state index contributed by atoms with van der Waals surface area (Å²) in [4.78, 5) is 0. The zero-order chi connectivity index (χ0) is 14.8. The molecule has 7 heteroatoms. The second-order valence-corrected chi connectivity index (χ2v) is 4.39. The van der Waals surface area contributed by atoms with E-state index in [-0.39, 0.29) is 17.9 Å². The van der Waals surface area contributed by atoms with E-state index in [4.69, 9.17) is 16.3 Å². The maximum atomic E-state index is 13.2. The Morgan fingerprint density at radius 3 is 2.26 bits per heavy atom. The summed E-state index contributed by atoms with van der Waals surface area (Å²) >= 11 is 5.35. The van der Waals surface area contributed by atoms with E-state index in [0.717, 1.165) is 0 Å². The molecular formula is C12H12ClF5O. The molecule has 19 heavy (non-hydrogen) atoms. The van der Waals surface area contributed by atoms with E-state index in [1.807, 2.05) is 0 Å². The van der Waals surface area contributed by atoms with Gasteiger partial charge in [-0.05, 0) is 19.9 Å². The predicted molar refractivity (Wildman–Crippen MR) is 61.9 cm³/mol. The van der Waals surface area contributed by atoms with Gasteiger partial charge in [0.2, 0.25) is 0 Å². The third-order valence-corrected chi connectivity index (χ3v) is 2.94. The summed E-state index contributed by atoms with van der Waals surface area (Å²) in [6.07, 6.45) is -5.72. The Morgan fingerprint density at radius 1 is 1.21 bits per heavy atom. The lowest BCUT2D eigenvalue weighted by Gasteiger charge is -2.26. The fraction of sp³-hybridized carbons (Fsp3) is 0.500. The number of alkyl halides is 6. The van der Waals surface area contributed by atoms with Crippen molar-refractivity contribution in [1.29, 1.82) is 0 Å². The van der Waals surface area contributed by atoms with Crippen LogP contribution in [0.4, 0.5) is 22.0 Å². The fourth-order valence-corrected chi connectivity index (χ4v) is 1.79. The van der Waals surface area contributed by atoms with Crippen molar-refractivity contribution in [3.8, 4) is 5.75 Å². The molecule has 0 aliphatic rings. The number of hydrogen-bond acceptors (Lipinski definition) is 1. The van der Waals surface area contributed by atoms with Crippen LogP contribution in [0, 0.1) is 6.92 Å². The van der Waals surface area contributed by atoms with Crippen LogP contribution < -0.4 is 4.74 Å². The number of ether oxygens (including phenoxy) is 1. The number of rotatable bonds is 4. The van der Waals surface area contributed by atoms with Gasteiger partial charge in [-0.1, -0.05) is 17.7 Å². The van der Waals surface area contributed by atoms with Crippen LogP contribution in [-0.4, -0.2) is 18.7 Å². The van der Waals surface area contributed by atoms with Gasteiger partial charge in [-0.15, -0.1) is 11.6 Å². The highest BCUT2D eigenvalue weighted by Crippen LogP contribution is 2.49. The molecule has 108 valence electrons. The monoisotopic (exact) mass is 302 g/mol. The molecule has 0 N–H and O–H groups in total. The second-order valence-electron chi connectivity index (χ2n) is 3.96. The van der Waals surface area contributed by atoms with E-state index >= 15 is 0 Å². The van der Waals surface area contributed by atoms with Gasteiger partial charge in [-0.3, -0.25) is 0 Å². The third kappa shape index (κ3) is 3.29. The molecule has 0 fully saturated rings. The summed E-state index contributed by atoms with van der Waals surface area (Å²) in [5, 5.41) is -2.53. The summed E-state index contributed by atoms with van der Waals surface area (Å²) in [7, 11) is 0. The van der Waals surface area contributed by atoms with Crippen LogP contribution in [0.3, 0.4) is 0 Å². The largest absolute Gasteiger partial charge is 0.494 e. The van der Waals surface area contributed by atoms with Gasteiger partial charge in [0.1, 0.15) is 11.1 Å². The van der Waals surface area contributed by atoms with Crippen LogP contribution in [0.15, 0.2) is 18.2 Å². The van der Waals surface area contributed by atoms with Crippen molar-refractivity contribution in [2.75, 3.05) is 6.61 Å². The first-order valence-electron chi connectivity index (χ1n) is 5.43. The molecule has 0 aliphatic heterocycles. The lowest BCUT2D eigenvalue weighted by Crippen LogP contribution is -2.40. The standard InChI is InChI=1S/C12H12ClF5O/c1-3-19-9-5-4-7(2)6-8(9)10(13)11(14,15)12(16,17)18/h4-6,10H,3H2,1-2H3. The van der Waals surface area contributed by atoms with Crippen LogP contribution in [0.1, 0.15) is 23.4 Å². The summed E-state index contributed by atoms with van der Waals surface area (Å²) in [5.41, 5.74) is 0.146. The second kappa shape index (κ2) is 5.53. The van der Waals surface area contributed by atoms with E-state index < -0.39 is 17.5 Å². The van der Waals surface area contributed by atoms with Gasteiger partial charge in [-0.25, -0.2) is 0 Å². The molecule has 0 bridgehead atoms. The van der Waals surface area contributed by atoms with Gasteiger partial charge in [0, 0.05) is 5.56 Å². The van der Waals surface area contributed by atoms with Gasteiger partial charge in [0.15, 0.2) is 0 Å². The Balaban J connectivity index is 3.25. The molecule has 0 spiro atoms. The molecular weight excluding hydrogens is 291 g/mol. The van der Waals surface area contributed by atoms with Crippen LogP contribution in [-0.2, 0) is 0 Å². The first kappa shape index (κ1) is 16.0. The van der Waals surface area contributed by atoms with Gasteiger partial charge >= 0.3 is 12.1 Å². The highest BCUT2D eigenvalue weighted by Gasteiger charge is 2.62. The summed E-state index contributed by atoms with van der Waals surface area (Å²) in [5.74, 6) is -5.11. The Kier molecular flexibility index (Phi) is 4.66. The van der Waals surface area contributed by atoms with Crippen LogP contribution in [0.2, 0.25) is 0 Å². The molecule has 0 heterocycles. The Hall–Kier alpha value is -1.04. The Labute approximate surface area is 112 Å². The number of hydrogen-bond donors (Lipinski definition) is 0. The van der Waals surface area contributed by atoms with Gasteiger partial charge < -0.3 is 4.74 Å². The van der Waals surface area contributed by atoms with E-state index in [2.05, 4.69) is 0 Å². The van der Waals surface area contributed by atoms with Crippen molar-refractivity contribution < 1.29 is 26.7 Å². The molecule has 1 unspecified atom stereocenters. The van der Waals surface area contributed by atoms with E-state index in [9.17, 15) is 22.0 Å². The lowest BCUT2D eigenvalue weighted by molar-refractivity contribution is -0.283. The molecule has 0 saturated heterocycles. The SMILES string of the molecule is CCOc1ccc(C)cc1C(Cl)C(F)(F)C(F)(F)F. The summed E-state index contributed by atoms with van der Waals surface area (Å²) < 4.78 is 68.5. The molecule has 0 amide bonds. The van der Waals surface area contributed by atoms with E-state index in [1.165, 1.54) is 12.1 Å². The average Bonchev–Trinajstić information content (AvgIpc) is 2.29. The molecule has 0 aromatic heterocycles. The minimum atomic E-state index is -5.72. The highest BCUT2D eigenvalue weighted by atomic mass is 35.5. The van der Waals surface area contributed by atoms with E-state index in [0.29, 0.717) is 5.56 Å². The molecule has 1 atom stereocenters. The number of aryl methyl sites for hydroxylation is 1. The number of benzene rings is 1. The van der Waals surface area contributed by atoms with Crippen molar-refractivity contribution in [3.63, 3.8) is 0 Å². The molecule has 1 aromatic carbocycles. The molecule has 1 rings (SSSR count). The maximum Gasteiger partial charge on any atom is 0.455 e. The van der Waals surface area contributed by atoms with E-state index in [1.54, 1.807) is 19.9 Å². The van der Waals surface area contributed by atoms with Crippen LogP contribution in [0.5, 0.6) is 5.75 Å². The molecule has 0 saturated carbocycles. The molecule has 0 radical (unpaired) electrons. The fourth-order valence-electron chi connectivity index (χ4n) is 1.49. The maximum absolute atomic E-state index is 13.2. The van der Waals surface area contributed by atoms with Crippen molar-refractivity contribution in [1.82, 2.24) is 0 Å². The normalized spacial score (nSPS) is 14.3. The van der Waals surface area contributed by atoms with Crippen LogP contribution in [0.25, 0.3) is 0 Å². The van der Waals surface area contributed by atoms with Crippen molar-refractivity contribution in [2.24, 2.45) is 0 Å². The lowest BCUT2D eigenvalue weighted by atomic mass is 10.0. The smallest absolute Gasteiger partial charge is 0.455 e. The van der Waals surface area contributed by atoms with Crippen molar-refractivity contribution in [2.45, 2.75) is 31.3 Å². The number of halogens is 6. The third-order valence-electron chi connectivity index (χ3n) is 2.43. The minimum absolute atomic E-state index is 0.0722. The first-order chi connectivity index (χ1) is 8.61. The summed E-state index contributed by atoms with van der Waals surface area (Å²) in [6.45, 7) is 3.29. The van der Waals surface area contributed by atoms with Gasteiger partial charge in [0.05, 0.1) is 6.61 Å². The molecule has 1 nitrogen and oxygen atoms in total. The molecule has 0 aliphatic carbocycles. The van der Waals surface area contributed by atoms with Crippen LogP contribution >= 0.6 is 11.6 Å². The van der Waals surface area contributed by atoms with Crippen molar-refractivity contribution in [3.05, 3.63) is 29.3 Å². The topological polar surface area (TPSA) is 9.23 Å². The average molecular weight is 303 g/mol. The van der Waals surface area contributed by atoms with Gasteiger partial charge in [0.25, 0.3) is 0 Å². The van der Waals surface area contributed by atoms with Crippen molar-refractivity contribution >= 4 is 11.6 Å².